The summed E-state index contributed by atoms with van der Waals surface area (Å²) in [5, 5.41) is 9.86. The first-order valence-corrected chi connectivity index (χ1v) is 11.1. The van der Waals surface area contributed by atoms with Crippen molar-refractivity contribution in [2.45, 2.75) is 63.7 Å². The van der Waals surface area contributed by atoms with Crippen LogP contribution < -0.4 is 5.32 Å². The molecule has 7 nitrogen and oxygen atoms in total. The molecule has 0 aromatic carbocycles. The van der Waals surface area contributed by atoms with Gasteiger partial charge in [-0.2, -0.15) is 9.40 Å². The van der Waals surface area contributed by atoms with Gasteiger partial charge in [-0.25, -0.2) is 8.42 Å². The topological polar surface area (TPSA) is 95.2 Å². The van der Waals surface area contributed by atoms with Crippen LogP contribution in [0.15, 0.2) is 4.90 Å². The molecule has 0 bridgehead atoms. The maximum absolute atomic E-state index is 12.9. The summed E-state index contributed by atoms with van der Waals surface area (Å²) in [7, 11) is -3.50. The Morgan fingerprint density at radius 2 is 1.81 bits per heavy atom. The van der Waals surface area contributed by atoms with Gasteiger partial charge in [0.25, 0.3) is 0 Å². The lowest BCUT2D eigenvalue weighted by Gasteiger charge is -2.31. The van der Waals surface area contributed by atoms with Crippen molar-refractivity contribution in [1.29, 1.82) is 0 Å². The first-order valence-electron chi connectivity index (χ1n) is 9.69. The van der Waals surface area contributed by atoms with Crippen molar-refractivity contribution in [3.05, 3.63) is 11.4 Å². The van der Waals surface area contributed by atoms with E-state index in [1.54, 1.807) is 18.2 Å². The number of carbonyl (C=O) groups is 1. The molecule has 26 heavy (non-hydrogen) atoms. The number of hydrogen-bond acceptors (Lipinski definition) is 4. The van der Waals surface area contributed by atoms with Crippen LogP contribution in [-0.2, 0) is 14.8 Å². The van der Waals surface area contributed by atoms with E-state index in [-0.39, 0.29) is 11.8 Å². The second-order valence-corrected chi connectivity index (χ2v) is 9.57. The normalized spacial score (nSPS) is 21.0. The molecule has 1 saturated heterocycles. The summed E-state index contributed by atoms with van der Waals surface area (Å²) >= 11 is 0. The summed E-state index contributed by atoms with van der Waals surface area (Å²) in [5.74, 6) is 0.709. The summed E-state index contributed by atoms with van der Waals surface area (Å²) in [6, 6.07) is 0. The smallest absolute Gasteiger partial charge is 0.246 e. The standard InChI is InChI=1S/C18H30N4O3S/c1-13-17(14(2)21-20-13)26(24,25)22-10-8-15(9-11-22)12-19-18(23)16-6-4-3-5-7-16/h15-16H,3-12H2,1-2H3,(H,19,23)(H,20,21). The summed E-state index contributed by atoms with van der Waals surface area (Å²) in [5.41, 5.74) is 1.11. The zero-order chi connectivity index (χ0) is 18.7. The van der Waals surface area contributed by atoms with Crippen LogP contribution in [0.3, 0.4) is 0 Å². The predicted octanol–water partition coefficient (Wildman–Crippen LogP) is 2.12. The number of rotatable bonds is 5. The predicted molar refractivity (Wildman–Crippen MR) is 99.1 cm³/mol. The van der Waals surface area contributed by atoms with E-state index in [0.717, 1.165) is 38.5 Å². The zero-order valence-electron chi connectivity index (χ0n) is 15.8. The maximum Gasteiger partial charge on any atom is 0.246 e. The molecule has 2 heterocycles. The summed E-state index contributed by atoms with van der Waals surface area (Å²) in [6.45, 7) is 5.10. The minimum atomic E-state index is -3.50. The SMILES string of the molecule is Cc1n[nH]c(C)c1S(=O)(=O)N1CCC(CNC(=O)C2CCCCC2)CC1. The highest BCUT2D eigenvalue weighted by molar-refractivity contribution is 7.89. The first-order chi connectivity index (χ1) is 12.4. The quantitative estimate of drug-likeness (QED) is 0.815. The fraction of sp³-hybridized carbons (Fsp3) is 0.778. The fourth-order valence-corrected chi connectivity index (χ4v) is 5.96. The Morgan fingerprint density at radius 1 is 1.15 bits per heavy atom. The highest BCUT2D eigenvalue weighted by Crippen LogP contribution is 2.27. The third kappa shape index (κ3) is 4.11. The highest BCUT2D eigenvalue weighted by atomic mass is 32.2. The fourth-order valence-electron chi connectivity index (χ4n) is 4.16. The molecule has 1 aromatic rings. The molecule has 0 atom stereocenters. The lowest BCUT2D eigenvalue weighted by atomic mass is 9.88. The molecule has 1 aliphatic carbocycles. The van der Waals surface area contributed by atoms with Crippen LogP contribution in [0.5, 0.6) is 0 Å². The minimum absolute atomic E-state index is 0.177. The van der Waals surface area contributed by atoms with Gasteiger partial charge in [0.15, 0.2) is 0 Å². The van der Waals surface area contributed by atoms with Crippen LogP contribution in [-0.4, -0.2) is 48.5 Å². The van der Waals surface area contributed by atoms with Gasteiger partial charge in [0.05, 0.1) is 11.4 Å². The van der Waals surface area contributed by atoms with Crippen LogP contribution in [0.4, 0.5) is 0 Å². The summed E-state index contributed by atoms with van der Waals surface area (Å²) in [4.78, 5) is 12.6. The third-order valence-corrected chi connectivity index (χ3v) is 7.94. The van der Waals surface area contributed by atoms with Gasteiger partial charge >= 0.3 is 0 Å². The second-order valence-electron chi connectivity index (χ2n) is 7.69. The molecule has 0 radical (unpaired) electrons. The first kappa shape index (κ1) is 19.4. The van der Waals surface area contributed by atoms with E-state index in [4.69, 9.17) is 0 Å². The number of aryl methyl sites for hydroxylation is 2. The summed E-state index contributed by atoms with van der Waals surface area (Å²) < 4.78 is 27.3. The molecule has 146 valence electrons. The van der Waals surface area contributed by atoms with Crippen LogP contribution in [0.2, 0.25) is 0 Å². The van der Waals surface area contributed by atoms with Crippen molar-refractivity contribution in [2.24, 2.45) is 11.8 Å². The number of aromatic nitrogens is 2. The van der Waals surface area contributed by atoms with Crippen LogP contribution in [0.25, 0.3) is 0 Å². The van der Waals surface area contributed by atoms with Gasteiger partial charge in [-0.15, -0.1) is 0 Å². The number of hydrogen-bond donors (Lipinski definition) is 2. The number of aromatic amines is 1. The molecule has 2 fully saturated rings. The largest absolute Gasteiger partial charge is 0.356 e. The lowest BCUT2D eigenvalue weighted by molar-refractivity contribution is -0.126. The molecule has 3 rings (SSSR count). The molecule has 1 aromatic heterocycles. The number of carbonyl (C=O) groups excluding carboxylic acids is 1. The molecule has 0 unspecified atom stereocenters. The molecule has 0 spiro atoms. The zero-order valence-corrected chi connectivity index (χ0v) is 16.6. The Kier molecular flexibility index (Phi) is 6.02. The Hall–Kier alpha value is -1.41. The van der Waals surface area contributed by atoms with Crippen molar-refractivity contribution in [1.82, 2.24) is 19.8 Å². The van der Waals surface area contributed by atoms with Crippen LogP contribution in [0.1, 0.15) is 56.3 Å². The van der Waals surface area contributed by atoms with E-state index >= 15 is 0 Å². The Balaban J connectivity index is 1.50. The Morgan fingerprint density at radius 3 is 2.38 bits per heavy atom. The van der Waals surface area contributed by atoms with E-state index in [2.05, 4.69) is 15.5 Å². The minimum Gasteiger partial charge on any atom is -0.356 e. The van der Waals surface area contributed by atoms with Gasteiger partial charge in [-0.05, 0) is 45.4 Å². The molecule has 1 aliphatic heterocycles. The lowest BCUT2D eigenvalue weighted by Crippen LogP contribution is -2.42. The van der Waals surface area contributed by atoms with Crippen LogP contribution in [0, 0.1) is 25.7 Å². The second kappa shape index (κ2) is 8.08. The maximum atomic E-state index is 12.9. The van der Waals surface area contributed by atoms with Gasteiger partial charge in [0.2, 0.25) is 15.9 Å². The number of piperidine rings is 1. The van der Waals surface area contributed by atoms with E-state index < -0.39 is 10.0 Å². The van der Waals surface area contributed by atoms with E-state index in [1.165, 1.54) is 6.42 Å². The monoisotopic (exact) mass is 382 g/mol. The van der Waals surface area contributed by atoms with E-state index in [0.29, 0.717) is 41.8 Å². The Bertz CT molecular complexity index is 710. The van der Waals surface area contributed by atoms with Gasteiger partial charge < -0.3 is 5.32 Å². The highest BCUT2D eigenvalue weighted by Gasteiger charge is 2.33. The summed E-state index contributed by atoms with van der Waals surface area (Å²) in [6.07, 6.45) is 7.12. The van der Waals surface area contributed by atoms with Gasteiger partial charge in [-0.3, -0.25) is 9.89 Å². The number of amides is 1. The number of sulfonamides is 1. The van der Waals surface area contributed by atoms with Crippen molar-refractivity contribution in [2.75, 3.05) is 19.6 Å². The average molecular weight is 383 g/mol. The molecule has 8 heteroatoms. The van der Waals surface area contributed by atoms with Crippen molar-refractivity contribution in [3.8, 4) is 0 Å². The molecular formula is C18H30N4O3S. The average Bonchev–Trinajstić information content (AvgIpc) is 3.00. The third-order valence-electron chi connectivity index (χ3n) is 5.77. The van der Waals surface area contributed by atoms with Crippen LogP contribution >= 0.6 is 0 Å². The van der Waals surface area contributed by atoms with Crippen molar-refractivity contribution >= 4 is 15.9 Å². The van der Waals surface area contributed by atoms with E-state index in [9.17, 15) is 13.2 Å². The van der Waals surface area contributed by atoms with Crippen molar-refractivity contribution < 1.29 is 13.2 Å². The van der Waals surface area contributed by atoms with Gasteiger partial charge in [0.1, 0.15) is 4.90 Å². The van der Waals surface area contributed by atoms with Gasteiger partial charge in [0, 0.05) is 25.6 Å². The van der Waals surface area contributed by atoms with Gasteiger partial charge in [-0.1, -0.05) is 19.3 Å². The number of nitrogens with one attached hydrogen (secondary N) is 2. The number of H-pyrrole nitrogens is 1. The molecule has 1 amide bonds. The Labute approximate surface area is 156 Å². The van der Waals surface area contributed by atoms with E-state index in [1.807, 2.05) is 0 Å². The molecule has 1 saturated carbocycles. The molecule has 2 aliphatic rings. The molecular weight excluding hydrogens is 352 g/mol. The molecule has 2 N–H and O–H groups in total. The number of nitrogens with zero attached hydrogens (tertiary/aromatic N) is 2. The van der Waals surface area contributed by atoms with Crippen molar-refractivity contribution in [3.63, 3.8) is 0 Å².